The van der Waals surface area contributed by atoms with Gasteiger partial charge in [-0.1, -0.05) is 5.21 Å². The van der Waals surface area contributed by atoms with E-state index in [1.54, 1.807) is 12.4 Å². The lowest BCUT2D eigenvalue weighted by atomic mass is 9.98. The Morgan fingerprint density at radius 3 is 3.04 bits per heavy atom. The van der Waals surface area contributed by atoms with Crippen LogP contribution in [0.4, 0.5) is 10.5 Å². The molecule has 0 spiro atoms. The molecule has 8 heteroatoms. The Kier molecular flexibility index (Phi) is 4.42. The van der Waals surface area contributed by atoms with Gasteiger partial charge in [0.2, 0.25) is 0 Å². The zero-order valence-electron chi connectivity index (χ0n) is 14.6. The topological polar surface area (TPSA) is 80.9 Å². The highest BCUT2D eigenvalue weighted by Gasteiger charge is 2.30. The highest BCUT2D eigenvalue weighted by atomic mass is 16.2. The molecule has 25 heavy (non-hydrogen) atoms. The number of likely N-dealkylation sites (tertiary alicyclic amines) is 1. The minimum atomic E-state index is -0.0399. The van der Waals surface area contributed by atoms with E-state index in [1.165, 1.54) is 12.8 Å². The third-order valence-corrected chi connectivity index (χ3v) is 5.30. The van der Waals surface area contributed by atoms with Crippen molar-refractivity contribution in [1.82, 2.24) is 29.7 Å². The summed E-state index contributed by atoms with van der Waals surface area (Å²) >= 11 is 0. The van der Waals surface area contributed by atoms with E-state index >= 15 is 0 Å². The molecule has 0 unspecified atom stereocenters. The van der Waals surface area contributed by atoms with Crippen molar-refractivity contribution in [3.8, 4) is 0 Å². The second-order valence-corrected chi connectivity index (χ2v) is 7.30. The summed E-state index contributed by atoms with van der Waals surface area (Å²) in [5, 5.41) is 15.3. The minimum absolute atomic E-state index is 0.0399. The molecule has 0 radical (unpaired) electrons. The van der Waals surface area contributed by atoms with Gasteiger partial charge in [-0.25, -0.2) is 4.79 Å². The Bertz CT molecular complexity index is 706. The summed E-state index contributed by atoms with van der Waals surface area (Å²) in [6.07, 6.45) is 11.9. The fourth-order valence-corrected chi connectivity index (χ4v) is 3.62. The molecule has 134 valence electrons. The summed E-state index contributed by atoms with van der Waals surface area (Å²) in [5.74, 6) is 1.15. The quantitative estimate of drug-likeness (QED) is 0.904. The van der Waals surface area contributed by atoms with Crippen LogP contribution in [-0.4, -0.2) is 48.8 Å². The summed E-state index contributed by atoms with van der Waals surface area (Å²) in [4.78, 5) is 14.5. The maximum atomic E-state index is 12.6. The number of amides is 2. The van der Waals surface area contributed by atoms with E-state index in [4.69, 9.17) is 0 Å². The maximum absolute atomic E-state index is 12.6. The Morgan fingerprint density at radius 1 is 1.40 bits per heavy atom. The molecular weight excluding hydrogens is 318 g/mol. The molecule has 8 nitrogen and oxygen atoms in total. The van der Waals surface area contributed by atoms with Crippen LogP contribution in [0.3, 0.4) is 0 Å². The number of urea groups is 1. The van der Waals surface area contributed by atoms with E-state index in [0.717, 1.165) is 44.1 Å². The van der Waals surface area contributed by atoms with Gasteiger partial charge in [0.1, 0.15) is 0 Å². The molecule has 1 saturated carbocycles. The van der Waals surface area contributed by atoms with E-state index in [-0.39, 0.29) is 6.03 Å². The fourth-order valence-electron chi connectivity index (χ4n) is 3.62. The number of carbonyl (C=O) groups excluding carboxylic acids is 1. The van der Waals surface area contributed by atoms with Crippen molar-refractivity contribution < 1.29 is 4.79 Å². The Labute approximate surface area is 147 Å². The monoisotopic (exact) mass is 343 g/mol. The third-order valence-electron chi connectivity index (χ3n) is 5.30. The minimum Gasteiger partial charge on any atom is -0.324 e. The fraction of sp³-hybridized carbons (Fsp3) is 0.647. The molecule has 0 aromatic carbocycles. The van der Waals surface area contributed by atoms with Crippen molar-refractivity contribution in [1.29, 1.82) is 0 Å². The highest BCUT2D eigenvalue weighted by molar-refractivity contribution is 5.89. The van der Waals surface area contributed by atoms with Gasteiger partial charge in [-0.3, -0.25) is 9.36 Å². The molecule has 2 atom stereocenters. The number of aromatic nitrogens is 5. The van der Waals surface area contributed by atoms with E-state index in [1.807, 2.05) is 26.7 Å². The summed E-state index contributed by atoms with van der Waals surface area (Å²) in [6, 6.07) is 0.370. The average Bonchev–Trinajstić information content (AvgIpc) is 3.15. The Hall–Kier alpha value is -2.38. The summed E-state index contributed by atoms with van der Waals surface area (Å²) in [6.45, 7) is 4.54. The summed E-state index contributed by atoms with van der Waals surface area (Å²) in [7, 11) is 0. The van der Waals surface area contributed by atoms with Gasteiger partial charge in [0.05, 0.1) is 24.1 Å². The normalized spacial score (nSPS) is 22.0. The van der Waals surface area contributed by atoms with Crippen LogP contribution in [-0.2, 0) is 6.54 Å². The molecule has 2 aromatic heterocycles. The average molecular weight is 343 g/mol. The number of hydrogen-bond acceptors (Lipinski definition) is 4. The zero-order valence-corrected chi connectivity index (χ0v) is 14.6. The Morgan fingerprint density at radius 2 is 2.28 bits per heavy atom. The van der Waals surface area contributed by atoms with Crippen molar-refractivity contribution >= 4 is 11.7 Å². The predicted molar refractivity (Wildman–Crippen MR) is 93.0 cm³/mol. The smallest absolute Gasteiger partial charge is 0.321 e. The number of carbonyl (C=O) groups is 1. The van der Waals surface area contributed by atoms with Gasteiger partial charge in [-0.05, 0) is 44.4 Å². The molecule has 2 aromatic rings. The number of piperidine rings is 1. The lowest BCUT2D eigenvalue weighted by molar-refractivity contribution is 0.168. The largest absolute Gasteiger partial charge is 0.324 e. The van der Waals surface area contributed by atoms with Gasteiger partial charge in [0, 0.05) is 32.0 Å². The van der Waals surface area contributed by atoms with E-state index in [0.29, 0.717) is 12.0 Å². The molecule has 1 N–H and O–H groups in total. The second kappa shape index (κ2) is 6.85. The van der Waals surface area contributed by atoms with Crippen molar-refractivity contribution in [2.45, 2.75) is 45.2 Å². The molecule has 0 bridgehead atoms. The first kappa shape index (κ1) is 16.1. The molecule has 2 fully saturated rings. The van der Waals surface area contributed by atoms with Gasteiger partial charge in [0.25, 0.3) is 0 Å². The van der Waals surface area contributed by atoms with E-state index < -0.39 is 0 Å². The lowest BCUT2D eigenvalue weighted by Gasteiger charge is -2.32. The second-order valence-electron chi connectivity index (χ2n) is 7.30. The van der Waals surface area contributed by atoms with Crippen LogP contribution in [0.25, 0.3) is 0 Å². The first-order valence-electron chi connectivity index (χ1n) is 9.13. The number of rotatable bonds is 5. The third kappa shape index (κ3) is 3.83. The molecule has 1 aliphatic heterocycles. The lowest BCUT2D eigenvalue weighted by Crippen LogP contribution is -2.43. The molecular formula is C17H25N7O. The van der Waals surface area contributed by atoms with Gasteiger partial charge >= 0.3 is 6.03 Å². The van der Waals surface area contributed by atoms with E-state index in [9.17, 15) is 4.79 Å². The van der Waals surface area contributed by atoms with Crippen molar-refractivity contribution in [2.24, 2.45) is 11.8 Å². The van der Waals surface area contributed by atoms with Crippen molar-refractivity contribution in [3.63, 3.8) is 0 Å². The summed E-state index contributed by atoms with van der Waals surface area (Å²) in [5.41, 5.74) is 0.774. The van der Waals surface area contributed by atoms with Crippen LogP contribution in [0.2, 0.25) is 0 Å². The number of hydrogen-bond donors (Lipinski definition) is 1. The maximum Gasteiger partial charge on any atom is 0.321 e. The molecule has 3 heterocycles. The summed E-state index contributed by atoms with van der Waals surface area (Å²) < 4.78 is 3.81. The molecule has 1 aliphatic carbocycles. The van der Waals surface area contributed by atoms with Crippen LogP contribution in [0.5, 0.6) is 0 Å². The number of nitrogens with one attached hydrogen (secondary N) is 1. The predicted octanol–water partition coefficient (Wildman–Crippen LogP) is 2.39. The van der Waals surface area contributed by atoms with Crippen LogP contribution < -0.4 is 5.32 Å². The van der Waals surface area contributed by atoms with Crippen LogP contribution in [0, 0.1) is 11.8 Å². The molecule has 2 aliphatic rings. The van der Waals surface area contributed by atoms with Gasteiger partial charge < -0.3 is 10.2 Å². The SMILES string of the molecule is C[C@@H](C1CC1)n1cc(NC(=O)N2CCC[C@@H](Cn3ccnn3)C2)cn1. The van der Waals surface area contributed by atoms with Crippen LogP contribution >= 0.6 is 0 Å². The standard InChI is InChI=1S/C17H25N7O/c1-13(15-4-5-15)24-12-16(9-19-24)20-17(25)22-7-2-3-14(10-22)11-23-8-6-18-21-23/h6,8-9,12-15H,2-5,7,10-11H2,1H3,(H,20,25)/t13-,14+/m0/s1. The molecule has 2 amide bonds. The first-order valence-corrected chi connectivity index (χ1v) is 9.13. The van der Waals surface area contributed by atoms with Gasteiger partial charge in [0.15, 0.2) is 0 Å². The van der Waals surface area contributed by atoms with Crippen molar-refractivity contribution in [2.75, 3.05) is 18.4 Å². The molecule has 4 rings (SSSR count). The van der Waals surface area contributed by atoms with E-state index in [2.05, 4.69) is 27.7 Å². The number of anilines is 1. The Balaban J connectivity index is 1.32. The molecule has 1 saturated heterocycles. The van der Waals surface area contributed by atoms with Crippen molar-refractivity contribution in [3.05, 3.63) is 24.8 Å². The highest BCUT2D eigenvalue weighted by Crippen LogP contribution is 2.39. The zero-order chi connectivity index (χ0) is 17.2. The van der Waals surface area contributed by atoms with Crippen LogP contribution in [0.1, 0.15) is 38.6 Å². The van der Waals surface area contributed by atoms with Gasteiger partial charge in [-0.15, -0.1) is 5.10 Å². The number of nitrogens with zero attached hydrogens (tertiary/aromatic N) is 6. The van der Waals surface area contributed by atoms with Crippen LogP contribution in [0.15, 0.2) is 24.8 Å². The first-order chi connectivity index (χ1) is 12.2. The van der Waals surface area contributed by atoms with Gasteiger partial charge in [-0.2, -0.15) is 5.10 Å².